The van der Waals surface area contributed by atoms with Crippen molar-refractivity contribution in [3.63, 3.8) is 0 Å². The second kappa shape index (κ2) is 10.8. The SMILES string of the molecule is C=CCN(Cc1ccc(-c2ccccc2Cl)cc1)CC(O)COc1ccccc1. The molecular formula is C25H26ClNO2. The quantitative estimate of drug-likeness (QED) is 0.454. The molecule has 3 rings (SSSR count). The van der Waals surface area contributed by atoms with Crippen molar-refractivity contribution in [2.24, 2.45) is 0 Å². The van der Waals surface area contributed by atoms with Crippen LogP contribution in [-0.4, -0.2) is 35.8 Å². The number of aliphatic hydroxyl groups excluding tert-OH is 1. The topological polar surface area (TPSA) is 32.7 Å². The summed E-state index contributed by atoms with van der Waals surface area (Å²) in [4.78, 5) is 2.15. The smallest absolute Gasteiger partial charge is 0.119 e. The lowest BCUT2D eigenvalue weighted by atomic mass is 10.0. The van der Waals surface area contributed by atoms with Gasteiger partial charge in [-0.25, -0.2) is 0 Å². The van der Waals surface area contributed by atoms with E-state index in [0.29, 0.717) is 13.1 Å². The molecule has 3 aromatic rings. The van der Waals surface area contributed by atoms with Gasteiger partial charge in [0.15, 0.2) is 0 Å². The average molecular weight is 408 g/mol. The Labute approximate surface area is 177 Å². The molecule has 0 saturated carbocycles. The van der Waals surface area contributed by atoms with Crippen LogP contribution in [0, 0.1) is 0 Å². The van der Waals surface area contributed by atoms with E-state index in [1.165, 1.54) is 5.56 Å². The van der Waals surface area contributed by atoms with E-state index in [2.05, 4.69) is 35.7 Å². The molecule has 29 heavy (non-hydrogen) atoms. The van der Waals surface area contributed by atoms with Gasteiger partial charge in [0.05, 0.1) is 0 Å². The highest BCUT2D eigenvalue weighted by Crippen LogP contribution is 2.27. The Morgan fingerprint density at radius 1 is 0.966 bits per heavy atom. The van der Waals surface area contributed by atoms with Crippen LogP contribution in [-0.2, 0) is 6.54 Å². The average Bonchev–Trinajstić information content (AvgIpc) is 2.74. The van der Waals surface area contributed by atoms with Crippen molar-refractivity contribution in [1.29, 1.82) is 0 Å². The van der Waals surface area contributed by atoms with Crippen LogP contribution < -0.4 is 4.74 Å². The zero-order valence-electron chi connectivity index (χ0n) is 16.4. The molecule has 1 unspecified atom stereocenters. The van der Waals surface area contributed by atoms with E-state index in [1.54, 1.807) is 0 Å². The van der Waals surface area contributed by atoms with E-state index >= 15 is 0 Å². The van der Waals surface area contributed by atoms with Gasteiger partial charge in [-0.05, 0) is 29.3 Å². The zero-order valence-corrected chi connectivity index (χ0v) is 17.1. The molecule has 3 aromatic carbocycles. The number of benzene rings is 3. The molecule has 1 N–H and O–H groups in total. The molecule has 4 heteroatoms. The van der Waals surface area contributed by atoms with Crippen LogP contribution in [0.25, 0.3) is 11.1 Å². The molecule has 3 nitrogen and oxygen atoms in total. The number of rotatable bonds is 10. The molecule has 1 atom stereocenters. The van der Waals surface area contributed by atoms with Crippen LogP contribution in [0.15, 0.2) is 91.5 Å². The van der Waals surface area contributed by atoms with E-state index in [9.17, 15) is 5.11 Å². The van der Waals surface area contributed by atoms with Crippen molar-refractivity contribution >= 4 is 11.6 Å². The lowest BCUT2D eigenvalue weighted by Crippen LogP contribution is -2.35. The highest BCUT2D eigenvalue weighted by molar-refractivity contribution is 6.33. The highest BCUT2D eigenvalue weighted by Gasteiger charge is 2.13. The number of aliphatic hydroxyl groups is 1. The van der Waals surface area contributed by atoms with Crippen molar-refractivity contribution in [2.45, 2.75) is 12.6 Å². The third kappa shape index (κ3) is 6.47. The maximum Gasteiger partial charge on any atom is 0.119 e. The predicted octanol–water partition coefficient (Wildman–Crippen LogP) is 5.43. The number of ether oxygens (including phenoxy) is 1. The fraction of sp³-hybridized carbons (Fsp3) is 0.200. The first-order valence-corrected chi connectivity index (χ1v) is 10.1. The van der Waals surface area contributed by atoms with E-state index in [1.807, 2.05) is 60.7 Å². The van der Waals surface area contributed by atoms with E-state index in [0.717, 1.165) is 28.4 Å². The van der Waals surface area contributed by atoms with Crippen molar-refractivity contribution in [1.82, 2.24) is 4.90 Å². The molecule has 150 valence electrons. The Balaban J connectivity index is 1.58. The Kier molecular flexibility index (Phi) is 7.88. The second-order valence-electron chi connectivity index (χ2n) is 6.94. The maximum atomic E-state index is 10.4. The molecule has 0 radical (unpaired) electrons. The predicted molar refractivity (Wildman–Crippen MR) is 120 cm³/mol. The van der Waals surface area contributed by atoms with Crippen LogP contribution in [0.5, 0.6) is 5.75 Å². The normalized spacial score (nSPS) is 12.0. The van der Waals surface area contributed by atoms with Crippen molar-refractivity contribution < 1.29 is 9.84 Å². The molecule has 0 saturated heterocycles. The van der Waals surface area contributed by atoms with Crippen LogP contribution in [0.1, 0.15) is 5.56 Å². The molecular weight excluding hydrogens is 382 g/mol. The molecule has 0 aliphatic rings. The Bertz CT molecular complexity index is 896. The van der Waals surface area contributed by atoms with Crippen LogP contribution in [0.2, 0.25) is 5.02 Å². The lowest BCUT2D eigenvalue weighted by molar-refractivity contribution is 0.0696. The van der Waals surface area contributed by atoms with Crippen molar-refractivity contribution in [3.05, 3.63) is 102 Å². The summed E-state index contributed by atoms with van der Waals surface area (Å²) in [5, 5.41) is 11.1. The number of para-hydroxylation sites is 1. The minimum absolute atomic E-state index is 0.253. The van der Waals surface area contributed by atoms with E-state index in [4.69, 9.17) is 16.3 Å². The Hall–Kier alpha value is -2.59. The summed E-state index contributed by atoms with van der Waals surface area (Å²) in [7, 11) is 0. The minimum atomic E-state index is -0.586. The molecule has 0 fully saturated rings. The van der Waals surface area contributed by atoms with Gasteiger partial charge in [0.25, 0.3) is 0 Å². The molecule has 0 aliphatic heterocycles. The van der Waals surface area contributed by atoms with Gasteiger partial charge in [-0.3, -0.25) is 4.90 Å². The fourth-order valence-corrected chi connectivity index (χ4v) is 3.43. The van der Waals surface area contributed by atoms with Gasteiger partial charge in [-0.15, -0.1) is 6.58 Å². The zero-order chi connectivity index (χ0) is 20.5. The minimum Gasteiger partial charge on any atom is -0.491 e. The van der Waals surface area contributed by atoms with Gasteiger partial charge in [-0.1, -0.05) is 78.3 Å². The molecule has 0 aromatic heterocycles. The summed E-state index contributed by atoms with van der Waals surface area (Å²) < 4.78 is 5.66. The first kappa shape index (κ1) is 21.1. The van der Waals surface area contributed by atoms with Crippen LogP contribution in [0.3, 0.4) is 0 Å². The van der Waals surface area contributed by atoms with Crippen LogP contribution in [0.4, 0.5) is 0 Å². The third-order valence-electron chi connectivity index (χ3n) is 4.59. The summed E-state index contributed by atoms with van der Waals surface area (Å²) in [6.45, 7) is 6.00. The van der Waals surface area contributed by atoms with Gasteiger partial charge in [0.1, 0.15) is 18.5 Å². The van der Waals surface area contributed by atoms with Crippen molar-refractivity contribution in [3.8, 4) is 16.9 Å². The molecule has 0 spiro atoms. The molecule has 0 bridgehead atoms. The first-order valence-electron chi connectivity index (χ1n) is 9.68. The van der Waals surface area contributed by atoms with E-state index < -0.39 is 6.10 Å². The largest absolute Gasteiger partial charge is 0.491 e. The van der Waals surface area contributed by atoms with E-state index in [-0.39, 0.29) is 6.61 Å². The van der Waals surface area contributed by atoms with Gasteiger partial charge >= 0.3 is 0 Å². The summed E-state index contributed by atoms with van der Waals surface area (Å²) in [6, 6.07) is 25.7. The summed E-state index contributed by atoms with van der Waals surface area (Å²) in [6.07, 6.45) is 1.26. The Morgan fingerprint density at radius 3 is 2.34 bits per heavy atom. The highest BCUT2D eigenvalue weighted by atomic mass is 35.5. The molecule has 0 amide bonds. The van der Waals surface area contributed by atoms with Gasteiger partial charge < -0.3 is 9.84 Å². The second-order valence-corrected chi connectivity index (χ2v) is 7.34. The number of halogens is 1. The maximum absolute atomic E-state index is 10.4. The van der Waals surface area contributed by atoms with Gasteiger partial charge in [-0.2, -0.15) is 0 Å². The summed E-state index contributed by atoms with van der Waals surface area (Å²) in [5.74, 6) is 0.761. The molecule has 0 heterocycles. The third-order valence-corrected chi connectivity index (χ3v) is 4.92. The standard InChI is InChI=1S/C25H26ClNO2/c1-2-16-27(18-22(28)19-29-23-8-4-3-5-9-23)17-20-12-14-21(15-13-20)24-10-6-7-11-25(24)26/h2-15,22,28H,1,16-19H2. The van der Waals surface area contributed by atoms with Crippen LogP contribution >= 0.6 is 11.6 Å². The Morgan fingerprint density at radius 2 is 1.66 bits per heavy atom. The van der Waals surface area contributed by atoms with Gasteiger partial charge in [0, 0.05) is 30.2 Å². The van der Waals surface area contributed by atoms with Gasteiger partial charge in [0.2, 0.25) is 0 Å². The number of nitrogens with zero attached hydrogens (tertiary/aromatic N) is 1. The fourth-order valence-electron chi connectivity index (χ4n) is 3.19. The number of hydrogen-bond acceptors (Lipinski definition) is 3. The molecule has 0 aliphatic carbocycles. The monoisotopic (exact) mass is 407 g/mol. The van der Waals surface area contributed by atoms with Crippen molar-refractivity contribution in [2.75, 3.05) is 19.7 Å². The summed E-state index contributed by atoms with van der Waals surface area (Å²) in [5.41, 5.74) is 3.28. The summed E-state index contributed by atoms with van der Waals surface area (Å²) >= 11 is 6.30. The number of hydrogen-bond donors (Lipinski definition) is 1. The lowest BCUT2D eigenvalue weighted by Gasteiger charge is -2.24. The first-order chi connectivity index (χ1) is 14.2.